The average Bonchev–Trinajstić information content (AvgIpc) is 2.61. The molecule has 90 valence electrons. The van der Waals surface area contributed by atoms with Gasteiger partial charge >= 0.3 is 0 Å². The Morgan fingerprint density at radius 3 is 2.88 bits per heavy atom. The lowest BCUT2D eigenvalue weighted by atomic mass is 10.3. The average molecular weight is 224 g/mol. The van der Waals surface area contributed by atoms with E-state index in [1.165, 1.54) is 0 Å². The van der Waals surface area contributed by atoms with Gasteiger partial charge in [-0.1, -0.05) is 13.8 Å². The second-order valence-corrected chi connectivity index (χ2v) is 4.09. The molecule has 5 heteroatoms. The molecule has 0 aromatic carbocycles. The van der Waals surface area contributed by atoms with E-state index in [0.29, 0.717) is 19.1 Å². The first-order valence-electron chi connectivity index (χ1n) is 5.56. The Morgan fingerprint density at radius 2 is 2.31 bits per heavy atom. The molecule has 1 amide bonds. The summed E-state index contributed by atoms with van der Waals surface area (Å²) in [6.07, 6.45) is 4.42. The predicted molar refractivity (Wildman–Crippen MR) is 63.1 cm³/mol. The van der Waals surface area contributed by atoms with Gasteiger partial charge in [0.25, 0.3) is 0 Å². The maximum atomic E-state index is 11.4. The Hall–Kier alpha value is -1.36. The second kappa shape index (κ2) is 6.27. The molecule has 1 rings (SSSR count). The molecule has 0 bridgehead atoms. The Morgan fingerprint density at radius 1 is 1.56 bits per heavy atom. The first-order chi connectivity index (χ1) is 7.59. The van der Waals surface area contributed by atoms with Gasteiger partial charge in [-0.05, 0) is 0 Å². The zero-order valence-electron chi connectivity index (χ0n) is 10.2. The number of imidazole rings is 1. The van der Waals surface area contributed by atoms with Crippen molar-refractivity contribution in [3.8, 4) is 0 Å². The van der Waals surface area contributed by atoms with Crippen molar-refractivity contribution in [3.05, 3.63) is 18.2 Å². The van der Waals surface area contributed by atoms with Gasteiger partial charge in [-0.3, -0.25) is 4.79 Å². The van der Waals surface area contributed by atoms with Gasteiger partial charge in [-0.2, -0.15) is 0 Å². The molecule has 0 aliphatic rings. The third-order valence-electron chi connectivity index (χ3n) is 2.26. The Kier molecular flexibility index (Phi) is 4.98. The van der Waals surface area contributed by atoms with Crippen LogP contribution in [0.4, 0.5) is 0 Å². The number of hydrogen-bond donors (Lipinski definition) is 2. The number of amides is 1. The first kappa shape index (κ1) is 12.7. The molecular weight excluding hydrogens is 204 g/mol. The van der Waals surface area contributed by atoms with Crippen LogP contribution < -0.4 is 10.6 Å². The molecule has 1 aromatic heterocycles. The minimum absolute atomic E-state index is 0.0305. The van der Waals surface area contributed by atoms with Crippen LogP contribution in [-0.4, -0.2) is 34.6 Å². The highest BCUT2D eigenvalue weighted by Crippen LogP contribution is 1.93. The Balaban J connectivity index is 2.16. The molecule has 2 N–H and O–H groups in total. The van der Waals surface area contributed by atoms with Crippen molar-refractivity contribution in [1.29, 1.82) is 0 Å². The van der Waals surface area contributed by atoms with Gasteiger partial charge in [0.2, 0.25) is 5.91 Å². The molecule has 5 nitrogen and oxygen atoms in total. The zero-order chi connectivity index (χ0) is 12.0. The molecule has 16 heavy (non-hydrogen) atoms. The summed E-state index contributed by atoms with van der Waals surface area (Å²) >= 11 is 0. The molecule has 0 radical (unpaired) electrons. The van der Waals surface area contributed by atoms with Gasteiger partial charge in [0.1, 0.15) is 5.82 Å². The highest BCUT2D eigenvalue weighted by Gasteiger charge is 2.03. The van der Waals surface area contributed by atoms with E-state index >= 15 is 0 Å². The summed E-state index contributed by atoms with van der Waals surface area (Å²) in [4.78, 5) is 15.5. The number of aromatic nitrogens is 2. The van der Waals surface area contributed by atoms with E-state index in [1.807, 2.05) is 31.7 Å². The highest BCUT2D eigenvalue weighted by molar-refractivity contribution is 5.77. The summed E-state index contributed by atoms with van der Waals surface area (Å²) in [7, 11) is 1.95. The molecule has 0 aliphatic carbocycles. The number of nitrogens with one attached hydrogen (secondary N) is 2. The van der Waals surface area contributed by atoms with Gasteiger partial charge in [-0.15, -0.1) is 0 Å². The summed E-state index contributed by atoms with van der Waals surface area (Å²) in [6.45, 7) is 5.03. The number of carbonyl (C=O) groups excluding carboxylic acids is 1. The third-order valence-corrected chi connectivity index (χ3v) is 2.26. The Bertz CT molecular complexity index is 332. The van der Waals surface area contributed by atoms with E-state index in [1.54, 1.807) is 6.20 Å². The van der Waals surface area contributed by atoms with Gasteiger partial charge < -0.3 is 15.2 Å². The van der Waals surface area contributed by atoms with Gasteiger partial charge in [0, 0.05) is 38.4 Å². The van der Waals surface area contributed by atoms with E-state index in [9.17, 15) is 4.79 Å². The smallest absolute Gasteiger partial charge is 0.233 e. The summed E-state index contributed by atoms with van der Waals surface area (Å²) in [5.41, 5.74) is 0. The van der Waals surface area contributed by atoms with Gasteiger partial charge in [0.05, 0.1) is 6.54 Å². The molecular formula is C11H20N4O. The fourth-order valence-corrected chi connectivity index (χ4v) is 1.31. The topological polar surface area (TPSA) is 59.0 Å². The zero-order valence-corrected chi connectivity index (χ0v) is 10.2. The van der Waals surface area contributed by atoms with Crippen molar-refractivity contribution in [3.63, 3.8) is 0 Å². The quantitative estimate of drug-likeness (QED) is 0.719. The summed E-state index contributed by atoms with van der Waals surface area (Å²) in [5.74, 6) is 1.01. The van der Waals surface area contributed by atoms with E-state index in [0.717, 1.165) is 12.2 Å². The van der Waals surface area contributed by atoms with Crippen LogP contribution in [0.25, 0.3) is 0 Å². The SMILES string of the molecule is CC(C)NCC(=O)NCCc1nccn1C. The van der Waals surface area contributed by atoms with Crippen molar-refractivity contribution < 1.29 is 4.79 Å². The van der Waals surface area contributed by atoms with Crippen LogP contribution in [0.3, 0.4) is 0 Å². The number of nitrogens with zero attached hydrogens (tertiary/aromatic N) is 2. The van der Waals surface area contributed by atoms with Crippen LogP contribution >= 0.6 is 0 Å². The fraction of sp³-hybridized carbons (Fsp3) is 0.636. The third kappa shape index (κ3) is 4.44. The molecule has 1 aromatic rings. The van der Waals surface area contributed by atoms with Crippen molar-refractivity contribution in [2.24, 2.45) is 7.05 Å². The van der Waals surface area contributed by atoms with Gasteiger partial charge in [0.15, 0.2) is 0 Å². The molecule has 1 heterocycles. The fourth-order valence-electron chi connectivity index (χ4n) is 1.31. The Labute approximate surface area is 96.3 Å². The monoisotopic (exact) mass is 224 g/mol. The number of aryl methyl sites for hydroxylation is 1. The number of hydrogen-bond acceptors (Lipinski definition) is 3. The van der Waals surface area contributed by atoms with Crippen molar-refractivity contribution in [2.75, 3.05) is 13.1 Å². The summed E-state index contributed by atoms with van der Waals surface area (Å²) in [5, 5.41) is 5.92. The molecule has 0 atom stereocenters. The van der Waals surface area contributed by atoms with E-state index in [4.69, 9.17) is 0 Å². The van der Waals surface area contributed by atoms with E-state index in [-0.39, 0.29) is 5.91 Å². The summed E-state index contributed by atoms with van der Waals surface area (Å²) in [6, 6.07) is 0.334. The molecule has 0 spiro atoms. The van der Waals surface area contributed by atoms with Crippen LogP contribution in [-0.2, 0) is 18.3 Å². The second-order valence-electron chi connectivity index (χ2n) is 4.09. The maximum absolute atomic E-state index is 11.4. The largest absolute Gasteiger partial charge is 0.355 e. The standard InChI is InChI=1S/C11H20N4O/c1-9(2)14-8-11(16)13-5-4-10-12-6-7-15(10)3/h6-7,9,14H,4-5,8H2,1-3H3,(H,13,16). The normalized spacial score (nSPS) is 10.8. The van der Waals surface area contributed by atoms with Gasteiger partial charge in [-0.25, -0.2) is 4.98 Å². The van der Waals surface area contributed by atoms with E-state index < -0.39 is 0 Å². The van der Waals surface area contributed by atoms with E-state index in [2.05, 4.69) is 15.6 Å². The predicted octanol–water partition coefficient (Wildman–Crippen LogP) is 0.0768. The van der Waals surface area contributed by atoms with Crippen molar-refractivity contribution in [1.82, 2.24) is 20.2 Å². The van der Waals surface area contributed by atoms with Crippen LogP contribution in [0.15, 0.2) is 12.4 Å². The minimum atomic E-state index is 0.0305. The molecule has 0 saturated carbocycles. The summed E-state index contributed by atoms with van der Waals surface area (Å²) < 4.78 is 1.96. The molecule has 0 saturated heterocycles. The van der Waals surface area contributed by atoms with Crippen molar-refractivity contribution in [2.45, 2.75) is 26.3 Å². The maximum Gasteiger partial charge on any atom is 0.233 e. The van der Waals surface area contributed by atoms with Crippen LogP contribution in [0.5, 0.6) is 0 Å². The molecule has 0 unspecified atom stereocenters. The van der Waals surface area contributed by atoms with Crippen molar-refractivity contribution >= 4 is 5.91 Å². The lowest BCUT2D eigenvalue weighted by molar-refractivity contribution is -0.120. The highest BCUT2D eigenvalue weighted by atomic mass is 16.1. The van der Waals surface area contributed by atoms with Crippen LogP contribution in [0.2, 0.25) is 0 Å². The minimum Gasteiger partial charge on any atom is -0.355 e. The number of carbonyl (C=O) groups is 1. The van der Waals surface area contributed by atoms with Crippen LogP contribution in [0, 0.1) is 0 Å². The molecule has 0 aliphatic heterocycles. The van der Waals surface area contributed by atoms with Crippen LogP contribution in [0.1, 0.15) is 19.7 Å². The lowest BCUT2D eigenvalue weighted by Crippen LogP contribution is -2.37. The first-order valence-corrected chi connectivity index (χ1v) is 5.56. The lowest BCUT2D eigenvalue weighted by Gasteiger charge is -2.08. The number of rotatable bonds is 6. The molecule has 0 fully saturated rings.